The van der Waals surface area contributed by atoms with E-state index in [1.165, 1.54) is 0 Å². The van der Waals surface area contributed by atoms with Crippen molar-refractivity contribution in [2.24, 2.45) is 5.73 Å². The first kappa shape index (κ1) is 17.3. The number of carbonyl (C=O) groups is 2. The second-order valence-electron chi connectivity index (χ2n) is 6.66. The summed E-state index contributed by atoms with van der Waals surface area (Å²) in [7, 11) is 0. The number of piperazine rings is 1. The molecule has 1 aliphatic rings. The van der Waals surface area contributed by atoms with Crippen LogP contribution in [-0.4, -0.2) is 53.6 Å². The summed E-state index contributed by atoms with van der Waals surface area (Å²) in [6.07, 6.45) is -0.324. The maximum absolute atomic E-state index is 12.5. The number of carbonyl (C=O) groups excluding carboxylic acids is 2. The van der Waals surface area contributed by atoms with E-state index < -0.39 is 5.60 Å². The molecular formula is C17H25N3O3. The predicted molar refractivity (Wildman–Crippen MR) is 88.0 cm³/mol. The zero-order valence-corrected chi connectivity index (χ0v) is 14.0. The van der Waals surface area contributed by atoms with Crippen molar-refractivity contribution in [2.75, 3.05) is 26.2 Å². The Morgan fingerprint density at radius 1 is 1.13 bits per heavy atom. The van der Waals surface area contributed by atoms with Gasteiger partial charge in [0.2, 0.25) is 0 Å². The molecule has 2 N–H and O–H groups in total. The van der Waals surface area contributed by atoms with E-state index in [0.717, 1.165) is 5.56 Å². The molecule has 0 aromatic heterocycles. The minimum absolute atomic E-state index is 0.0239. The molecule has 1 aromatic carbocycles. The van der Waals surface area contributed by atoms with Crippen LogP contribution in [0.15, 0.2) is 24.3 Å². The van der Waals surface area contributed by atoms with Crippen LogP contribution in [0.3, 0.4) is 0 Å². The maximum atomic E-state index is 12.5. The maximum Gasteiger partial charge on any atom is 0.410 e. The summed E-state index contributed by atoms with van der Waals surface area (Å²) in [5, 5.41) is 0. The Hall–Kier alpha value is -2.08. The van der Waals surface area contributed by atoms with E-state index in [9.17, 15) is 9.59 Å². The van der Waals surface area contributed by atoms with E-state index >= 15 is 0 Å². The van der Waals surface area contributed by atoms with Gasteiger partial charge in [0.25, 0.3) is 5.91 Å². The number of ether oxygens (including phenoxy) is 1. The monoisotopic (exact) mass is 319 g/mol. The zero-order valence-electron chi connectivity index (χ0n) is 14.0. The first-order chi connectivity index (χ1) is 10.8. The average Bonchev–Trinajstić information content (AvgIpc) is 2.53. The van der Waals surface area contributed by atoms with Gasteiger partial charge < -0.3 is 20.3 Å². The van der Waals surface area contributed by atoms with Crippen LogP contribution in [0.4, 0.5) is 4.79 Å². The zero-order chi connectivity index (χ0) is 17.0. The molecule has 0 bridgehead atoms. The summed E-state index contributed by atoms with van der Waals surface area (Å²) >= 11 is 0. The van der Waals surface area contributed by atoms with E-state index in [2.05, 4.69) is 0 Å². The second kappa shape index (κ2) is 7.00. The Kier molecular flexibility index (Phi) is 5.26. The van der Waals surface area contributed by atoms with Crippen molar-refractivity contribution in [3.8, 4) is 0 Å². The van der Waals surface area contributed by atoms with Crippen LogP contribution in [0.5, 0.6) is 0 Å². The largest absolute Gasteiger partial charge is 0.444 e. The third-order valence-corrected chi connectivity index (χ3v) is 3.63. The van der Waals surface area contributed by atoms with E-state index in [4.69, 9.17) is 10.5 Å². The fourth-order valence-electron chi connectivity index (χ4n) is 2.43. The number of benzene rings is 1. The summed E-state index contributed by atoms with van der Waals surface area (Å²) < 4.78 is 5.36. The number of amides is 2. The van der Waals surface area contributed by atoms with E-state index in [0.29, 0.717) is 38.3 Å². The highest BCUT2D eigenvalue weighted by Gasteiger charge is 2.28. The van der Waals surface area contributed by atoms with Crippen molar-refractivity contribution in [1.82, 2.24) is 9.80 Å². The molecule has 2 amide bonds. The van der Waals surface area contributed by atoms with Crippen LogP contribution in [0.1, 0.15) is 36.7 Å². The van der Waals surface area contributed by atoms with Crippen LogP contribution >= 0.6 is 0 Å². The molecule has 1 aromatic rings. The summed E-state index contributed by atoms with van der Waals surface area (Å²) in [4.78, 5) is 28.0. The van der Waals surface area contributed by atoms with Crippen molar-refractivity contribution >= 4 is 12.0 Å². The van der Waals surface area contributed by atoms with Gasteiger partial charge in [-0.15, -0.1) is 0 Å². The van der Waals surface area contributed by atoms with E-state index in [-0.39, 0.29) is 12.0 Å². The number of hydrogen-bond acceptors (Lipinski definition) is 4. The normalized spacial score (nSPS) is 15.5. The number of rotatable bonds is 2. The smallest absolute Gasteiger partial charge is 0.410 e. The average molecular weight is 319 g/mol. The van der Waals surface area contributed by atoms with Gasteiger partial charge in [-0.2, -0.15) is 0 Å². The topological polar surface area (TPSA) is 75.9 Å². The summed E-state index contributed by atoms with van der Waals surface area (Å²) in [5.41, 5.74) is 6.68. The Labute approximate surface area is 137 Å². The minimum Gasteiger partial charge on any atom is -0.444 e. The van der Waals surface area contributed by atoms with Gasteiger partial charge in [0.05, 0.1) is 0 Å². The lowest BCUT2D eigenvalue weighted by Crippen LogP contribution is -2.51. The molecule has 0 spiro atoms. The molecule has 0 saturated carbocycles. The minimum atomic E-state index is -0.507. The lowest BCUT2D eigenvalue weighted by Gasteiger charge is -2.35. The van der Waals surface area contributed by atoms with Crippen molar-refractivity contribution in [1.29, 1.82) is 0 Å². The van der Waals surface area contributed by atoms with E-state index in [1.54, 1.807) is 15.9 Å². The van der Waals surface area contributed by atoms with Crippen LogP contribution in [0.25, 0.3) is 0 Å². The third-order valence-electron chi connectivity index (χ3n) is 3.63. The summed E-state index contributed by atoms with van der Waals surface area (Å²) in [6.45, 7) is 7.91. The van der Waals surface area contributed by atoms with Gasteiger partial charge in [-0.25, -0.2) is 4.79 Å². The van der Waals surface area contributed by atoms with Gasteiger partial charge in [-0.05, 0) is 38.5 Å². The van der Waals surface area contributed by atoms with Gasteiger partial charge in [0.15, 0.2) is 0 Å². The van der Waals surface area contributed by atoms with Crippen molar-refractivity contribution in [3.63, 3.8) is 0 Å². The molecule has 6 nitrogen and oxygen atoms in total. The second-order valence-corrected chi connectivity index (χ2v) is 6.66. The number of nitrogens with two attached hydrogens (primary N) is 1. The number of nitrogens with zero attached hydrogens (tertiary/aromatic N) is 2. The first-order valence-electron chi connectivity index (χ1n) is 7.86. The Morgan fingerprint density at radius 2 is 1.74 bits per heavy atom. The molecule has 1 heterocycles. The predicted octanol–water partition coefficient (Wildman–Crippen LogP) is 1.84. The van der Waals surface area contributed by atoms with Crippen LogP contribution in [0.2, 0.25) is 0 Å². The van der Waals surface area contributed by atoms with Crippen LogP contribution in [-0.2, 0) is 11.3 Å². The first-order valence-corrected chi connectivity index (χ1v) is 7.86. The van der Waals surface area contributed by atoms with Crippen LogP contribution < -0.4 is 5.73 Å². The highest BCUT2D eigenvalue weighted by molar-refractivity contribution is 5.94. The van der Waals surface area contributed by atoms with Gasteiger partial charge in [-0.1, -0.05) is 12.1 Å². The molecule has 1 aliphatic heterocycles. The highest BCUT2D eigenvalue weighted by Crippen LogP contribution is 2.14. The molecule has 23 heavy (non-hydrogen) atoms. The van der Waals surface area contributed by atoms with Gasteiger partial charge in [0.1, 0.15) is 5.60 Å². The lowest BCUT2D eigenvalue weighted by atomic mass is 10.1. The highest BCUT2D eigenvalue weighted by atomic mass is 16.6. The quantitative estimate of drug-likeness (QED) is 0.902. The third kappa shape index (κ3) is 4.69. The lowest BCUT2D eigenvalue weighted by molar-refractivity contribution is 0.0141. The van der Waals surface area contributed by atoms with Gasteiger partial charge in [-0.3, -0.25) is 4.79 Å². The van der Waals surface area contributed by atoms with Gasteiger partial charge in [0, 0.05) is 38.3 Å². The molecule has 6 heteroatoms. The Bertz CT molecular complexity index is 573. The molecular weight excluding hydrogens is 294 g/mol. The molecule has 126 valence electrons. The Balaban J connectivity index is 1.93. The summed E-state index contributed by atoms with van der Waals surface area (Å²) in [6, 6.07) is 7.36. The number of hydrogen-bond donors (Lipinski definition) is 1. The fourth-order valence-corrected chi connectivity index (χ4v) is 2.43. The van der Waals surface area contributed by atoms with Crippen molar-refractivity contribution in [2.45, 2.75) is 32.9 Å². The summed E-state index contributed by atoms with van der Waals surface area (Å²) in [5.74, 6) is -0.0239. The van der Waals surface area contributed by atoms with Crippen molar-refractivity contribution < 1.29 is 14.3 Å². The molecule has 2 rings (SSSR count). The van der Waals surface area contributed by atoms with Crippen LogP contribution in [0, 0.1) is 0 Å². The molecule has 0 radical (unpaired) electrons. The van der Waals surface area contributed by atoms with Crippen molar-refractivity contribution in [3.05, 3.63) is 35.4 Å². The standard InChI is InChI=1S/C17H25N3O3/c1-17(2,3)23-16(22)20-9-7-19(8-10-20)15(21)14-6-4-5-13(11-14)12-18/h4-6,11H,7-10,12,18H2,1-3H3. The molecule has 0 unspecified atom stereocenters. The molecule has 1 fully saturated rings. The van der Waals surface area contributed by atoms with E-state index in [1.807, 2.05) is 39.0 Å². The molecule has 0 aliphatic carbocycles. The SMILES string of the molecule is CC(C)(C)OC(=O)N1CCN(C(=O)c2cccc(CN)c2)CC1. The fraction of sp³-hybridized carbons (Fsp3) is 0.529. The van der Waals surface area contributed by atoms with Gasteiger partial charge >= 0.3 is 6.09 Å². The Morgan fingerprint density at radius 3 is 2.30 bits per heavy atom. The molecule has 1 saturated heterocycles. The molecule has 0 atom stereocenters.